The van der Waals surface area contributed by atoms with E-state index >= 15 is 0 Å². The predicted molar refractivity (Wildman–Crippen MR) is 111 cm³/mol. The molecule has 0 aromatic heterocycles. The first kappa shape index (κ1) is 22.1. The SMILES string of the molecule is CCCc1ccc(C(=O)CCC(=O)O[C@@H](C)C(=O)Nc2ccc(OC)cc2)cc1. The summed E-state index contributed by atoms with van der Waals surface area (Å²) in [5.41, 5.74) is 2.32. The summed E-state index contributed by atoms with van der Waals surface area (Å²) in [5.74, 6) is -0.479. The van der Waals surface area contributed by atoms with Gasteiger partial charge < -0.3 is 14.8 Å². The van der Waals surface area contributed by atoms with E-state index in [1.54, 1.807) is 43.5 Å². The maximum atomic E-state index is 12.2. The minimum absolute atomic E-state index is 0.0405. The second kappa shape index (κ2) is 11.0. The largest absolute Gasteiger partial charge is 0.497 e. The maximum Gasteiger partial charge on any atom is 0.307 e. The van der Waals surface area contributed by atoms with Crippen molar-refractivity contribution >= 4 is 23.3 Å². The lowest BCUT2D eigenvalue weighted by atomic mass is 10.0. The summed E-state index contributed by atoms with van der Waals surface area (Å²) < 4.78 is 10.2. The van der Waals surface area contributed by atoms with Crippen LogP contribution < -0.4 is 10.1 Å². The third-order valence-corrected chi connectivity index (χ3v) is 4.41. The van der Waals surface area contributed by atoms with Crippen molar-refractivity contribution in [3.05, 3.63) is 59.7 Å². The minimum Gasteiger partial charge on any atom is -0.497 e. The van der Waals surface area contributed by atoms with Crippen molar-refractivity contribution in [2.75, 3.05) is 12.4 Å². The second-order valence-electron chi connectivity index (χ2n) is 6.72. The van der Waals surface area contributed by atoms with Gasteiger partial charge in [0.15, 0.2) is 11.9 Å². The third-order valence-electron chi connectivity index (χ3n) is 4.41. The van der Waals surface area contributed by atoms with Gasteiger partial charge >= 0.3 is 5.97 Å². The van der Waals surface area contributed by atoms with Crippen LogP contribution in [0.4, 0.5) is 5.69 Å². The van der Waals surface area contributed by atoms with Gasteiger partial charge in [0.1, 0.15) is 5.75 Å². The normalized spacial score (nSPS) is 11.4. The Morgan fingerprint density at radius 3 is 2.21 bits per heavy atom. The number of nitrogens with one attached hydrogen (secondary N) is 1. The van der Waals surface area contributed by atoms with E-state index in [2.05, 4.69) is 12.2 Å². The van der Waals surface area contributed by atoms with E-state index in [4.69, 9.17) is 9.47 Å². The molecule has 0 aliphatic carbocycles. The molecule has 0 spiro atoms. The Hall–Kier alpha value is -3.15. The quantitative estimate of drug-likeness (QED) is 0.480. The lowest BCUT2D eigenvalue weighted by molar-refractivity contribution is -0.153. The second-order valence-corrected chi connectivity index (χ2v) is 6.72. The first-order valence-electron chi connectivity index (χ1n) is 9.69. The molecule has 0 fully saturated rings. The number of hydrogen-bond donors (Lipinski definition) is 1. The van der Waals surface area contributed by atoms with Gasteiger partial charge in [0.05, 0.1) is 13.5 Å². The smallest absolute Gasteiger partial charge is 0.307 e. The highest BCUT2D eigenvalue weighted by molar-refractivity contribution is 5.98. The van der Waals surface area contributed by atoms with Gasteiger partial charge in [0, 0.05) is 17.7 Å². The number of anilines is 1. The zero-order chi connectivity index (χ0) is 21.2. The molecule has 0 saturated carbocycles. The van der Waals surface area contributed by atoms with Crippen molar-refractivity contribution in [3.63, 3.8) is 0 Å². The number of aryl methyl sites for hydroxylation is 1. The van der Waals surface area contributed by atoms with Crippen LogP contribution in [0.15, 0.2) is 48.5 Å². The Balaban J connectivity index is 1.78. The number of benzene rings is 2. The number of esters is 1. The van der Waals surface area contributed by atoms with Crippen LogP contribution in [0, 0.1) is 0 Å². The van der Waals surface area contributed by atoms with Gasteiger partial charge in [-0.05, 0) is 43.2 Å². The van der Waals surface area contributed by atoms with E-state index < -0.39 is 18.0 Å². The molecule has 0 heterocycles. The standard InChI is InChI=1S/C23H27NO5/c1-4-5-17-6-8-18(9-7-17)21(25)14-15-22(26)29-16(2)23(27)24-19-10-12-20(28-3)13-11-19/h6-13,16H,4-5,14-15H2,1-3H3,(H,24,27)/t16-/m0/s1. The van der Waals surface area contributed by atoms with E-state index in [1.165, 1.54) is 12.5 Å². The molecule has 29 heavy (non-hydrogen) atoms. The molecule has 0 radical (unpaired) electrons. The van der Waals surface area contributed by atoms with Crippen molar-refractivity contribution in [2.45, 2.75) is 45.6 Å². The fourth-order valence-electron chi connectivity index (χ4n) is 2.73. The van der Waals surface area contributed by atoms with Crippen molar-refractivity contribution in [1.29, 1.82) is 0 Å². The highest BCUT2D eigenvalue weighted by Gasteiger charge is 2.19. The number of methoxy groups -OCH3 is 1. The van der Waals surface area contributed by atoms with Crippen LogP contribution in [-0.2, 0) is 20.7 Å². The van der Waals surface area contributed by atoms with Crippen LogP contribution in [0.25, 0.3) is 0 Å². The number of carbonyl (C=O) groups excluding carboxylic acids is 3. The molecule has 154 valence electrons. The minimum atomic E-state index is -0.965. The van der Waals surface area contributed by atoms with Gasteiger partial charge in [-0.2, -0.15) is 0 Å². The number of rotatable bonds is 10. The molecule has 0 aliphatic rings. The Bertz CT molecular complexity index is 827. The molecule has 0 bridgehead atoms. The Morgan fingerprint density at radius 1 is 0.966 bits per heavy atom. The molecule has 6 nitrogen and oxygen atoms in total. The highest BCUT2D eigenvalue weighted by Crippen LogP contribution is 2.16. The summed E-state index contributed by atoms with van der Waals surface area (Å²) in [6.07, 6.45) is 1.02. The molecule has 6 heteroatoms. The van der Waals surface area contributed by atoms with E-state index in [0.717, 1.165) is 12.8 Å². The number of hydrogen-bond acceptors (Lipinski definition) is 5. The van der Waals surface area contributed by atoms with Crippen LogP contribution in [0.3, 0.4) is 0 Å². The monoisotopic (exact) mass is 397 g/mol. The first-order valence-corrected chi connectivity index (χ1v) is 9.69. The summed E-state index contributed by atoms with van der Waals surface area (Å²) in [4.78, 5) is 36.4. The van der Waals surface area contributed by atoms with Crippen LogP contribution in [0.5, 0.6) is 5.75 Å². The molecule has 2 aromatic carbocycles. The van der Waals surface area contributed by atoms with Gasteiger partial charge in [0.2, 0.25) is 0 Å². The van der Waals surface area contributed by atoms with Crippen LogP contribution in [0.1, 0.15) is 49.0 Å². The summed E-state index contributed by atoms with van der Waals surface area (Å²) in [5, 5.41) is 2.67. The average molecular weight is 397 g/mol. The number of Topliss-reactive ketones (excluding diaryl/α,β-unsaturated/α-hetero) is 1. The van der Waals surface area contributed by atoms with Gasteiger partial charge in [-0.3, -0.25) is 14.4 Å². The summed E-state index contributed by atoms with van der Waals surface area (Å²) >= 11 is 0. The molecule has 2 rings (SSSR count). The summed E-state index contributed by atoms with van der Waals surface area (Å²) in [7, 11) is 1.56. The fourth-order valence-corrected chi connectivity index (χ4v) is 2.73. The molecular weight excluding hydrogens is 370 g/mol. The predicted octanol–water partition coefficient (Wildman–Crippen LogP) is 4.18. The fraction of sp³-hybridized carbons (Fsp3) is 0.348. The molecule has 1 amide bonds. The summed E-state index contributed by atoms with van der Waals surface area (Å²) in [6, 6.07) is 14.2. The van der Waals surface area contributed by atoms with Gasteiger partial charge in [0.25, 0.3) is 5.91 Å². The Labute approximate surface area is 171 Å². The topological polar surface area (TPSA) is 81.7 Å². The zero-order valence-corrected chi connectivity index (χ0v) is 17.1. The average Bonchev–Trinajstić information content (AvgIpc) is 2.73. The number of ether oxygens (including phenoxy) is 2. The molecule has 1 N–H and O–H groups in total. The van der Waals surface area contributed by atoms with Crippen molar-refractivity contribution in [1.82, 2.24) is 0 Å². The van der Waals surface area contributed by atoms with Gasteiger partial charge in [-0.1, -0.05) is 37.6 Å². The summed E-state index contributed by atoms with van der Waals surface area (Å²) in [6.45, 7) is 3.59. The highest BCUT2D eigenvalue weighted by atomic mass is 16.5. The lowest BCUT2D eigenvalue weighted by Gasteiger charge is -2.13. The van der Waals surface area contributed by atoms with Crippen LogP contribution in [-0.4, -0.2) is 30.9 Å². The molecule has 0 unspecified atom stereocenters. The maximum absolute atomic E-state index is 12.2. The van der Waals surface area contributed by atoms with Crippen molar-refractivity contribution in [2.24, 2.45) is 0 Å². The van der Waals surface area contributed by atoms with Crippen molar-refractivity contribution in [3.8, 4) is 5.75 Å². The van der Waals surface area contributed by atoms with Crippen LogP contribution >= 0.6 is 0 Å². The lowest BCUT2D eigenvalue weighted by Crippen LogP contribution is -2.30. The first-order chi connectivity index (χ1) is 13.9. The van der Waals surface area contributed by atoms with E-state index in [1.807, 2.05) is 12.1 Å². The van der Waals surface area contributed by atoms with E-state index in [-0.39, 0.29) is 18.6 Å². The number of carbonyl (C=O) groups is 3. The van der Waals surface area contributed by atoms with Crippen LogP contribution in [0.2, 0.25) is 0 Å². The third kappa shape index (κ3) is 7.07. The Kier molecular flexibility index (Phi) is 8.40. The zero-order valence-electron chi connectivity index (χ0n) is 17.1. The van der Waals surface area contributed by atoms with Gasteiger partial charge in [-0.25, -0.2) is 0 Å². The molecular formula is C23H27NO5. The van der Waals surface area contributed by atoms with E-state index in [0.29, 0.717) is 17.0 Å². The Morgan fingerprint density at radius 2 is 1.62 bits per heavy atom. The molecule has 0 saturated heterocycles. The molecule has 1 atom stereocenters. The molecule has 2 aromatic rings. The van der Waals surface area contributed by atoms with Gasteiger partial charge in [-0.15, -0.1) is 0 Å². The van der Waals surface area contributed by atoms with Crippen molar-refractivity contribution < 1.29 is 23.9 Å². The number of ketones is 1. The number of amides is 1. The molecule has 0 aliphatic heterocycles. The van der Waals surface area contributed by atoms with E-state index in [9.17, 15) is 14.4 Å².